The van der Waals surface area contributed by atoms with E-state index in [1.807, 2.05) is 54.4 Å². The van der Waals surface area contributed by atoms with Gasteiger partial charge >= 0.3 is 7.60 Å². The van der Waals surface area contributed by atoms with Gasteiger partial charge in [-0.05, 0) is 102 Å². The van der Waals surface area contributed by atoms with Crippen LogP contribution in [0.25, 0.3) is 22.3 Å². The second kappa shape index (κ2) is 14.0. The van der Waals surface area contributed by atoms with Crippen molar-refractivity contribution in [1.82, 2.24) is 4.90 Å². The van der Waals surface area contributed by atoms with Gasteiger partial charge in [0.25, 0.3) is 0 Å². The summed E-state index contributed by atoms with van der Waals surface area (Å²) < 4.78 is 25.1. The van der Waals surface area contributed by atoms with E-state index >= 15 is 0 Å². The van der Waals surface area contributed by atoms with Crippen LogP contribution in [0.2, 0.25) is 0 Å². The highest BCUT2D eigenvalue weighted by Crippen LogP contribution is 2.45. The smallest absolute Gasteiger partial charge is 0.356 e. The second-order valence-electron chi connectivity index (χ2n) is 12.1. The SMILES string of the molecule is CN1C(=S)N(c2ccc(-c3ccccc3)cc2)[C@H](c2ccc(-c3ccc(P(=O)(O)O)cc3)cc2O)[C@H]1CCC[C@@H](O)c1ccc(F)cc1. The van der Waals surface area contributed by atoms with E-state index in [9.17, 15) is 29.0 Å². The van der Waals surface area contributed by atoms with E-state index in [1.54, 1.807) is 30.3 Å². The molecule has 0 bridgehead atoms. The number of benzene rings is 5. The lowest BCUT2D eigenvalue weighted by Gasteiger charge is -2.29. The van der Waals surface area contributed by atoms with Crippen molar-refractivity contribution >= 4 is 35.9 Å². The number of likely N-dealkylation sites (N-methyl/N-ethyl adjacent to an activating group) is 1. The van der Waals surface area contributed by atoms with Gasteiger partial charge in [-0.15, -0.1) is 0 Å². The number of phenolic OH excluding ortho intramolecular Hbond substituents is 1. The number of thiocarbonyl (C=S) groups is 1. The van der Waals surface area contributed by atoms with E-state index in [2.05, 4.69) is 29.2 Å². The lowest BCUT2D eigenvalue weighted by molar-refractivity contribution is 0.159. The Bertz CT molecular complexity index is 1940. The topological polar surface area (TPSA) is 104 Å². The predicted molar refractivity (Wildman–Crippen MR) is 192 cm³/mol. The molecular weight excluding hydrogens is 646 g/mol. The molecule has 5 aromatic rings. The van der Waals surface area contributed by atoms with Gasteiger partial charge in [0.2, 0.25) is 0 Å². The zero-order valence-corrected chi connectivity index (χ0v) is 27.9. The molecular formula is C38H36FN2O5PS. The normalized spacial score (nSPS) is 17.1. The quantitative estimate of drug-likeness (QED) is 0.0878. The van der Waals surface area contributed by atoms with Gasteiger partial charge in [0.15, 0.2) is 5.11 Å². The summed E-state index contributed by atoms with van der Waals surface area (Å²) >= 11 is 6.03. The molecule has 5 aromatic carbocycles. The first-order valence-corrected chi connectivity index (χ1v) is 17.7. The van der Waals surface area contributed by atoms with Crippen molar-refractivity contribution in [2.75, 3.05) is 11.9 Å². The first-order chi connectivity index (χ1) is 23.0. The molecule has 10 heteroatoms. The Kier molecular flexibility index (Phi) is 9.78. The van der Waals surface area contributed by atoms with Crippen LogP contribution in [0.1, 0.15) is 42.5 Å². The van der Waals surface area contributed by atoms with Crippen molar-refractivity contribution in [1.29, 1.82) is 0 Å². The minimum Gasteiger partial charge on any atom is -0.508 e. The monoisotopic (exact) mass is 682 g/mol. The first kappa shape index (κ1) is 33.5. The maximum Gasteiger partial charge on any atom is 0.356 e. The van der Waals surface area contributed by atoms with Crippen molar-refractivity contribution in [3.8, 4) is 28.0 Å². The Morgan fingerprint density at radius 3 is 2.02 bits per heavy atom. The first-order valence-electron chi connectivity index (χ1n) is 15.7. The van der Waals surface area contributed by atoms with Crippen LogP contribution in [0.15, 0.2) is 121 Å². The number of hydrogen-bond donors (Lipinski definition) is 4. The lowest BCUT2D eigenvalue weighted by Crippen LogP contribution is -2.30. The summed E-state index contributed by atoms with van der Waals surface area (Å²) in [5, 5.41) is 22.9. The third-order valence-electron chi connectivity index (χ3n) is 9.02. The zero-order chi connectivity index (χ0) is 34.0. The number of nitrogens with zero attached hydrogens (tertiary/aromatic N) is 2. The van der Waals surface area contributed by atoms with Crippen LogP contribution < -0.4 is 10.2 Å². The fourth-order valence-corrected chi connectivity index (χ4v) is 7.31. The van der Waals surface area contributed by atoms with Gasteiger partial charge in [-0.2, -0.15) is 0 Å². The highest BCUT2D eigenvalue weighted by atomic mass is 32.1. The van der Waals surface area contributed by atoms with E-state index < -0.39 is 13.7 Å². The van der Waals surface area contributed by atoms with Gasteiger partial charge in [-0.3, -0.25) is 4.57 Å². The molecule has 1 aliphatic heterocycles. The van der Waals surface area contributed by atoms with Crippen LogP contribution >= 0.6 is 19.8 Å². The molecule has 4 N–H and O–H groups in total. The molecule has 6 rings (SSSR count). The average molecular weight is 683 g/mol. The molecule has 0 saturated carbocycles. The highest BCUT2D eigenvalue weighted by Gasteiger charge is 2.44. The Morgan fingerprint density at radius 1 is 0.812 bits per heavy atom. The van der Waals surface area contributed by atoms with Crippen LogP contribution in [0.4, 0.5) is 10.1 Å². The van der Waals surface area contributed by atoms with E-state index in [0.29, 0.717) is 46.6 Å². The molecule has 7 nitrogen and oxygen atoms in total. The third-order valence-corrected chi connectivity index (χ3v) is 10.5. The second-order valence-corrected chi connectivity index (χ2v) is 14.0. The molecule has 1 saturated heterocycles. The molecule has 1 heterocycles. The Hall–Kier alpha value is -4.37. The Labute approximate surface area is 284 Å². The summed E-state index contributed by atoms with van der Waals surface area (Å²) in [7, 11) is -2.43. The molecule has 246 valence electrons. The molecule has 1 fully saturated rings. The summed E-state index contributed by atoms with van der Waals surface area (Å²) in [5.41, 5.74) is 5.77. The molecule has 1 aliphatic rings. The predicted octanol–water partition coefficient (Wildman–Crippen LogP) is 7.72. The van der Waals surface area contributed by atoms with Crippen molar-refractivity contribution < 1.29 is 29.0 Å². The number of aliphatic hydroxyl groups excluding tert-OH is 1. The summed E-state index contributed by atoms with van der Waals surface area (Å²) in [6.07, 6.45) is 1.03. The van der Waals surface area contributed by atoms with Crippen LogP contribution in [0.5, 0.6) is 5.75 Å². The van der Waals surface area contributed by atoms with Crippen molar-refractivity contribution in [3.05, 3.63) is 138 Å². The maximum atomic E-state index is 13.4. The standard InChI is InChI=1S/C38H36FN2O5PS/c1-40-34(8-5-9-35(42)28-10-17-30(39)18-11-28)37(41(38(40)48)31-19-12-26(13-20-31)25-6-3-2-4-7-25)33-23-16-29(24-36(33)43)27-14-21-32(22-15-27)47(44,45)46/h2-4,6-7,10-24,34-35,37,42-43H,5,8-9H2,1H3,(H2,44,45,46)/t34-,35-,37-/m1/s1. The summed E-state index contributed by atoms with van der Waals surface area (Å²) in [6, 6.07) is 35.1. The zero-order valence-electron chi connectivity index (χ0n) is 26.2. The van der Waals surface area contributed by atoms with Gasteiger partial charge in [0, 0.05) is 18.3 Å². The lowest BCUT2D eigenvalue weighted by atomic mass is 9.91. The largest absolute Gasteiger partial charge is 0.508 e. The maximum absolute atomic E-state index is 13.4. The van der Waals surface area contributed by atoms with Crippen molar-refractivity contribution in [2.24, 2.45) is 0 Å². The molecule has 0 aromatic heterocycles. The molecule has 0 amide bonds. The average Bonchev–Trinajstić information content (AvgIpc) is 3.33. The summed E-state index contributed by atoms with van der Waals surface area (Å²) in [6.45, 7) is 0. The summed E-state index contributed by atoms with van der Waals surface area (Å²) in [4.78, 5) is 23.1. The van der Waals surface area contributed by atoms with Crippen molar-refractivity contribution in [3.63, 3.8) is 0 Å². The number of aromatic hydroxyl groups is 1. The number of phenols is 1. The van der Waals surface area contributed by atoms with Gasteiger partial charge in [-0.25, -0.2) is 4.39 Å². The van der Waals surface area contributed by atoms with Gasteiger partial charge in [-0.1, -0.05) is 78.9 Å². The third kappa shape index (κ3) is 7.06. The van der Waals surface area contributed by atoms with E-state index in [-0.39, 0.29) is 29.0 Å². The van der Waals surface area contributed by atoms with E-state index in [4.69, 9.17) is 12.2 Å². The highest BCUT2D eigenvalue weighted by molar-refractivity contribution is 7.80. The molecule has 0 spiro atoms. The number of rotatable bonds is 10. The van der Waals surface area contributed by atoms with Crippen LogP contribution in [0.3, 0.4) is 0 Å². The van der Waals surface area contributed by atoms with Crippen LogP contribution in [0, 0.1) is 5.82 Å². The Balaban J connectivity index is 1.32. The number of anilines is 1. The minimum absolute atomic E-state index is 0.0666. The van der Waals surface area contributed by atoms with Gasteiger partial charge in [0.05, 0.1) is 23.5 Å². The number of aliphatic hydroxyl groups is 1. The molecule has 48 heavy (non-hydrogen) atoms. The van der Waals surface area contributed by atoms with E-state index in [0.717, 1.165) is 16.8 Å². The Morgan fingerprint density at radius 2 is 1.40 bits per heavy atom. The fraction of sp³-hybridized carbons (Fsp3) is 0.184. The van der Waals surface area contributed by atoms with Crippen LogP contribution in [-0.4, -0.2) is 43.1 Å². The minimum atomic E-state index is -4.37. The van der Waals surface area contributed by atoms with Gasteiger partial charge in [0.1, 0.15) is 11.6 Å². The molecule has 0 radical (unpaired) electrons. The number of halogens is 1. The van der Waals surface area contributed by atoms with Crippen LogP contribution in [-0.2, 0) is 4.57 Å². The molecule has 3 atom stereocenters. The molecule has 0 unspecified atom stereocenters. The molecule has 0 aliphatic carbocycles. The van der Waals surface area contributed by atoms with E-state index in [1.165, 1.54) is 24.3 Å². The van der Waals surface area contributed by atoms with Crippen molar-refractivity contribution in [2.45, 2.75) is 37.5 Å². The summed E-state index contributed by atoms with van der Waals surface area (Å²) in [5.74, 6) is -0.285. The fourth-order valence-electron chi connectivity index (χ4n) is 6.42. The number of hydrogen-bond acceptors (Lipinski definition) is 4. The van der Waals surface area contributed by atoms with Gasteiger partial charge < -0.3 is 29.8 Å².